The van der Waals surface area contributed by atoms with Gasteiger partial charge >= 0.3 is 0 Å². The van der Waals surface area contributed by atoms with Crippen LogP contribution in [0.5, 0.6) is 0 Å². The van der Waals surface area contributed by atoms with Gasteiger partial charge in [0.2, 0.25) is 0 Å². The summed E-state index contributed by atoms with van der Waals surface area (Å²) in [4.78, 5) is 0. The van der Waals surface area contributed by atoms with Gasteiger partial charge < -0.3 is 0 Å². The molecule has 0 spiro atoms. The van der Waals surface area contributed by atoms with E-state index in [1.807, 2.05) is 48.5 Å². The summed E-state index contributed by atoms with van der Waals surface area (Å²) in [6.07, 6.45) is 0. The van der Waals surface area contributed by atoms with Crippen molar-refractivity contribution in [2.45, 2.75) is 6.54 Å². The maximum atomic E-state index is 14.4. The van der Waals surface area contributed by atoms with Crippen LogP contribution in [0.4, 0.5) is 4.39 Å². The molecule has 0 aliphatic carbocycles. The van der Waals surface area contributed by atoms with Crippen LogP contribution in [0.1, 0.15) is 5.56 Å². The van der Waals surface area contributed by atoms with Gasteiger partial charge in [0, 0.05) is 30.7 Å². The van der Waals surface area contributed by atoms with Gasteiger partial charge in [0.1, 0.15) is 11.5 Å². The molecule has 146 valence electrons. The van der Waals surface area contributed by atoms with Gasteiger partial charge in [0.25, 0.3) is 0 Å². The third kappa shape index (κ3) is 4.29. The number of hydrogen-bond acceptors (Lipinski definition) is 1. The van der Waals surface area contributed by atoms with Gasteiger partial charge in [-0.3, -0.25) is 4.68 Å². The van der Waals surface area contributed by atoms with Crippen LogP contribution >= 0.6 is 55.1 Å². The third-order valence-corrected chi connectivity index (χ3v) is 6.16. The highest BCUT2D eigenvalue weighted by molar-refractivity contribution is 9.10. The fraction of sp³-hybridized carbons (Fsp3) is 0.0455. The quantitative estimate of drug-likeness (QED) is 0.248. The molecule has 0 radical (unpaired) electrons. The molecule has 0 aliphatic rings. The average molecular weight is 555 g/mol. The molecule has 0 atom stereocenters. The Balaban J connectivity index is 1.92. The van der Waals surface area contributed by atoms with Crippen molar-refractivity contribution < 1.29 is 4.39 Å². The first-order valence-corrected chi connectivity index (χ1v) is 11.0. The molecule has 0 aliphatic heterocycles. The maximum absolute atomic E-state index is 14.4. The number of aromatic nitrogens is 2. The summed E-state index contributed by atoms with van der Waals surface area (Å²) >= 11 is 20.1. The second-order valence-electron chi connectivity index (χ2n) is 6.39. The van der Waals surface area contributed by atoms with Gasteiger partial charge in [-0.15, -0.1) is 0 Å². The Labute approximate surface area is 194 Å². The number of hydrogen-bond donors (Lipinski definition) is 0. The summed E-state index contributed by atoms with van der Waals surface area (Å²) in [6, 6.07) is 20.1. The molecule has 0 saturated heterocycles. The summed E-state index contributed by atoms with van der Waals surface area (Å²) in [5.41, 5.74) is 3.41. The van der Waals surface area contributed by atoms with Crippen LogP contribution in [0.3, 0.4) is 0 Å². The monoisotopic (exact) mass is 552 g/mol. The average Bonchev–Trinajstić information content (AvgIpc) is 3.01. The lowest BCUT2D eigenvalue weighted by molar-refractivity contribution is 0.587. The Hall–Kier alpha value is -1.66. The van der Waals surface area contributed by atoms with E-state index in [9.17, 15) is 4.39 Å². The van der Waals surface area contributed by atoms with Gasteiger partial charge in [-0.05, 0) is 36.4 Å². The number of rotatable bonds is 4. The lowest BCUT2D eigenvalue weighted by Crippen LogP contribution is -2.06. The van der Waals surface area contributed by atoms with Crippen LogP contribution in [0.15, 0.2) is 75.7 Å². The zero-order valence-electron chi connectivity index (χ0n) is 14.8. The molecule has 0 bridgehead atoms. The molecular weight excluding hydrogens is 542 g/mol. The first-order chi connectivity index (χ1) is 13.9. The summed E-state index contributed by atoms with van der Waals surface area (Å²) in [5, 5.41) is 5.57. The van der Waals surface area contributed by atoms with E-state index in [4.69, 9.17) is 28.3 Å². The van der Waals surface area contributed by atoms with Gasteiger partial charge in [-0.1, -0.05) is 85.4 Å². The highest BCUT2D eigenvalue weighted by Gasteiger charge is 2.21. The Morgan fingerprint density at radius 2 is 1.48 bits per heavy atom. The van der Waals surface area contributed by atoms with E-state index in [0.717, 1.165) is 20.1 Å². The lowest BCUT2D eigenvalue weighted by atomic mass is 10.1. The van der Waals surface area contributed by atoms with Gasteiger partial charge in [-0.25, -0.2) is 4.39 Å². The molecule has 4 aromatic rings. The summed E-state index contributed by atoms with van der Waals surface area (Å²) < 4.78 is 18.0. The van der Waals surface area contributed by atoms with Crippen molar-refractivity contribution in [3.8, 4) is 22.5 Å². The molecule has 1 heterocycles. The fourth-order valence-corrected chi connectivity index (χ4v) is 4.49. The molecule has 29 heavy (non-hydrogen) atoms. The van der Waals surface area contributed by atoms with E-state index in [1.165, 1.54) is 6.07 Å². The van der Waals surface area contributed by atoms with Crippen LogP contribution in [-0.4, -0.2) is 9.78 Å². The molecule has 1 aromatic heterocycles. The predicted octanol–water partition coefficient (Wildman–Crippen LogP) is 8.24. The van der Waals surface area contributed by atoms with Crippen molar-refractivity contribution in [2.24, 2.45) is 0 Å². The van der Waals surface area contributed by atoms with Crippen molar-refractivity contribution in [1.29, 1.82) is 0 Å². The fourth-order valence-electron chi connectivity index (χ4n) is 3.12. The van der Waals surface area contributed by atoms with E-state index < -0.39 is 0 Å². The number of halogens is 5. The SMILES string of the molecule is Fc1cccc(Cl)c1Cn1nc(-c2cccc(Br)c2)c(Cl)c1-c1cccc(Br)c1. The summed E-state index contributed by atoms with van der Waals surface area (Å²) in [5.74, 6) is -0.381. The highest BCUT2D eigenvalue weighted by atomic mass is 79.9. The lowest BCUT2D eigenvalue weighted by Gasteiger charge is -2.11. The molecule has 2 nitrogen and oxygen atoms in total. The van der Waals surface area contributed by atoms with E-state index in [1.54, 1.807) is 16.8 Å². The molecule has 0 N–H and O–H groups in total. The predicted molar refractivity (Wildman–Crippen MR) is 124 cm³/mol. The molecule has 4 rings (SSSR count). The Morgan fingerprint density at radius 3 is 2.14 bits per heavy atom. The van der Waals surface area contributed by atoms with Gasteiger partial charge in [0.05, 0.1) is 17.3 Å². The molecule has 0 fully saturated rings. The topological polar surface area (TPSA) is 17.8 Å². The summed E-state index contributed by atoms with van der Waals surface area (Å²) in [6.45, 7) is 0.154. The minimum Gasteiger partial charge on any atom is -0.258 e. The first kappa shape index (κ1) is 20.6. The second-order valence-corrected chi connectivity index (χ2v) is 9.01. The van der Waals surface area contributed by atoms with Crippen LogP contribution in [0.25, 0.3) is 22.5 Å². The zero-order valence-corrected chi connectivity index (χ0v) is 19.5. The van der Waals surface area contributed by atoms with Crippen molar-refractivity contribution >= 4 is 55.1 Å². The van der Waals surface area contributed by atoms with E-state index in [2.05, 4.69) is 31.9 Å². The zero-order chi connectivity index (χ0) is 20.5. The van der Waals surface area contributed by atoms with Crippen molar-refractivity contribution in [3.05, 3.63) is 97.1 Å². The van der Waals surface area contributed by atoms with Gasteiger partial charge in [0.15, 0.2) is 0 Å². The van der Waals surface area contributed by atoms with E-state index in [0.29, 0.717) is 27.0 Å². The molecule has 0 unspecified atom stereocenters. The largest absolute Gasteiger partial charge is 0.258 e. The second kappa shape index (κ2) is 8.60. The molecule has 0 saturated carbocycles. The van der Waals surface area contributed by atoms with Crippen LogP contribution in [0, 0.1) is 5.82 Å². The minimum atomic E-state index is -0.381. The first-order valence-electron chi connectivity index (χ1n) is 8.65. The van der Waals surface area contributed by atoms with E-state index in [-0.39, 0.29) is 12.4 Å². The Bertz CT molecular complexity index is 1190. The maximum Gasteiger partial charge on any atom is 0.129 e. The summed E-state index contributed by atoms with van der Waals surface area (Å²) in [7, 11) is 0. The molecule has 0 amide bonds. The van der Waals surface area contributed by atoms with Crippen LogP contribution in [0.2, 0.25) is 10.0 Å². The molecule has 7 heteroatoms. The minimum absolute atomic E-state index is 0.154. The van der Waals surface area contributed by atoms with Crippen molar-refractivity contribution in [3.63, 3.8) is 0 Å². The Kier molecular flexibility index (Phi) is 6.11. The smallest absolute Gasteiger partial charge is 0.129 e. The van der Waals surface area contributed by atoms with Gasteiger partial charge in [-0.2, -0.15) is 5.10 Å². The Morgan fingerprint density at radius 1 is 0.862 bits per heavy atom. The normalized spacial score (nSPS) is 11.1. The highest BCUT2D eigenvalue weighted by Crippen LogP contribution is 2.38. The van der Waals surface area contributed by atoms with Crippen LogP contribution < -0.4 is 0 Å². The van der Waals surface area contributed by atoms with Crippen LogP contribution in [-0.2, 0) is 6.54 Å². The number of nitrogens with zero attached hydrogens (tertiary/aromatic N) is 2. The van der Waals surface area contributed by atoms with E-state index >= 15 is 0 Å². The molecular formula is C22H13Br2Cl2FN2. The van der Waals surface area contributed by atoms with Crippen molar-refractivity contribution in [1.82, 2.24) is 9.78 Å². The number of benzene rings is 3. The molecule has 3 aromatic carbocycles. The standard InChI is InChI=1S/C22H13Br2Cl2FN2/c23-15-6-1-4-13(10-15)21-20(26)22(14-5-2-7-16(24)11-14)29(28-21)12-17-18(25)8-3-9-19(17)27/h1-11H,12H2. The van der Waals surface area contributed by atoms with Crippen molar-refractivity contribution in [2.75, 3.05) is 0 Å². The third-order valence-electron chi connectivity index (χ3n) is 4.46.